The minimum Gasteiger partial charge on any atom is -0.390 e. The fraction of sp³-hybridized carbons (Fsp3) is 0.429. The van der Waals surface area contributed by atoms with Crippen LogP contribution in [0.2, 0.25) is 0 Å². The van der Waals surface area contributed by atoms with Crippen LogP contribution in [0.5, 0.6) is 0 Å². The van der Waals surface area contributed by atoms with E-state index in [9.17, 15) is 13.5 Å². The Labute approximate surface area is 180 Å². The molecule has 0 spiro atoms. The molecule has 29 heavy (non-hydrogen) atoms. The highest BCUT2D eigenvalue weighted by Gasteiger charge is 2.38. The predicted octanol–water partition coefficient (Wildman–Crippen LogP) is 2.00. The van der Waals surface area contributed by atoms with Crippen LogP contribution >= 0.6 is 15.9 Å². The molecule has 2 aromatic rings. The van der Waals surface area contributed by atoms with Gasteiger partial charge in [-0.25, -0.2) is 8.42 Å². The van der Waals surface area contributed by atoms with Gasteiger partial charge in [0.15, 0.2) is 0 Å². The van der Waals surface area contributed by atoms with E-state index in [1.54, 1.807) is 22.5 Å². The van der Waals surface area contributed by atoms with Gasteiger partial charge >= 0.3 is 0 Å². The lowest BCUT2D eigenvalue weighted by molar-refractivity contribution is 0.0618. The second-order valence-electron chi connectivity index (χ2n) is 7.68. The average molecular weight is 480 g/mol. The number of hydrogen-bond donors (Lipinski definition) is 1. The van der Waals surface area contributed by atoms with E-state index in [-0.39, 0.29) is 6.04 Å². The average Bonchev–Trinajstić information content (AvgIpc) is 3.09. The number of piperazine rings is 1. The molecule has 2 aromatic carbocycles. The summed E-state index contributed by atoms with van der Waals surface area (Å²) in [5.74, 6) is 0. The molecule has 0 aliphatic carbocycles. The molecular weight excluding hydrogens is 454 g/mol. The summed E-state index contributed by atoms with van der Waals surface area (Å²) in [5.41, 5.74) is 1.24. The van der Waals surface area contributed by atoms with E-state index in [0.29, 0.717) is 42.1 Å². The Kier molecular flexibility index (Phi) is 6.38. The quantitative estimate of drug-likeness (QED) is 0.710. The molecule has 2 heterocycles. The number of halogens is 1. The molecule has 2 atom stereocenters. The van der Waals surface area contributed by atoms with Gasteiger partial charge in [0.1, 0.15) is 0 Å². The molecule has 8 heteroatoms. The number of β-amino-alcohol motifs (C(OH)–C–C–N with tert-alkyl or cyclic N) is 1. The fourth-order valence-corrected chi connectivity index (χ4v) is 6.63. The van der Waals surface area contributed by atoms with Crippen molar-refractivity contribution in [1.29, 1.82) is 0 Å². The maximum Gasteiger partial charge on any atom is 0.244 e. The monoisotopic (exact) mass is 479 g/mol. The van der Waals surface area contributed by atoms with Crippen molar-refractivity contribution >= 4 is 26.0 Å². The van der Waals surface area contributed by atoms with Gasteiger partial charge in [-0.1, -0.05) is 42.5 Å². The minimum atomic E-state index is -3.52. The molecule has 1 N–H and O–H groups in total. The molecule has 0 aromatic heterocycles. The maximum atomic E-state index is 13.0. The molecule has 2 aliphatic rings. The first-order valence-corrected chi connectivity index (χ1v) is 12.1. The Balaban J connectivity index is 1.36. The van der Waals surface area contributed by atoms with Crippen LogP contribution in [0.1, 0.15) is 5.56 Å². The summed E-state index contributed by atoms with van der Waals surface area (Å²) in [6.07, 6.45) is -0.412. The molecule has 2 fully saturated rings. The highest BCUT2D eigenvalue weighted by molar-refractivity contribution is 9.10. The topological polar surface area (TPSA) is 64.1 Å². The highest BCUT2D eigenvalue weighted by atomic mass is 79.9. The lowest BCUT2D eigenvalue weighted by Gasteiger charge is -2.38. The number of sulfonamides is 1. The van der Waals surface area contributed by atoms with E-state index in [0.717, 1.165) is 13.1 Å². The minimum absolute atomic E-state index is 0.0482. The fourth-order valence-electron chi connectivity index (χ4n) is 4.25. The predicted molar refractivity (Wildman–Crippen MR) is 116 cm³/mol. The van der Waals surface area contributed by atoms with Crippen LogP contribution in [-0.4, -0.2) is 79.0 Å². The van der Waals surface area contributed by atoms with E-state index in [4.69, 9.17) is 0 Å². The van der Waals surface area contributed by atoms with Gasteiger partial charge in [0.25, 0.3) is 0 Å². The van der Waals surface area contributed by atoms with Crippen LogP contribution in [0.3, 0.4) is 0 Å². The second kappa shape index (κ2) is 8.83. The molecule has 0 bridgehead atoms. The number of benzene rings is 2. The number of rotatable bonds is 5. The molecule has 2 saturated heterocycles. The number of likely N-dealkylation sites (tertiary alicyclic amines) is 1. The molecular formula is C21H26BrN3O3S. The van der Waals surface area contributed by atoms with Crippen LogP contribution in [0, 0.1) is 0 Å². The summed E-state index contributed by atoms with van der Waals surface area (Å²) in [5, 5.41) is 10.6. The van der Waals surface area contributed by atoms with E-state index >= 15 is 0 Å². The Morgan fingerprint density at radius 3 is 2.28 bits per heavy atom. The van der Waals surface area contributed by atoms with Crippen LogP contribution in [-0.2, 0) is 16.6 Å². The van der Waals surface area contributed by atoms with E-state index in [1.807, 2.05) is 24.3 Å². The van der Waals surface area contributed by atoms with Crippen molar-refractivity contribution in [2.75, 3.05) is 39.3 Å². The lowest BCUT2D eigenvalue weighted by atomic mass is 10.1. The zero-order chi connectivity index (χ0) is 20.4. The number of aliphatic hydroxyl groups excluding tert-OH is 1. The maximum absolute atomic E-state index is 13.0. The summed E-state index contributed by atoms with van der Waals surface area (Å²) < 4.78 is 28.1. The number of nitrogens with zero attached hydrogens (tertiary/aromatic N) is 3. The van der Waals surface area contributed by atoms with Crippen molar-refractivity contribution in [3.05, 3.63) is 64.6 Å². The Hall–Kier alpha value is -1.29. The second-order valence-corrected chi connectivity index (χ2v) is 10.4. The van der Waals surface area contributed by atoms with Crippen molar-refractivity contribution < 1.29 is 13.5 Å². The van der Waals surface area contributed by atoms with E-state index < -0.39 is 16.1 Å². The third kappa shape index (κ3) is 4.57. The number of aliphatic hydroxyl groups is 1. The van der Waals surface area contributed by atoms with E-state index in [1.165, 1.54) is 5.56 Å². The summed E-state index contributed by atoms with van der Waals surface area (Å²) in [6.45, 7) is 4.40. The molecule has 156 valence electrons. The van der Waals surface area contributed by atoms with E-state index in [2.05, 4.69) is 37.9 Å². The zero-order valence-electron chi connectivity index (χ0n) is 16.2. The van der Waals surface area contributed by atoms with Gasteiger partial charge in [-0.2, -0.15) is 4.31 Å². The summed E-state index contributed by atoms with van der Waals surface area (Å²) in [4.78, 5) is 4.82. The van der Waals surface area contributed by atoms with Gasteiger partial charge in [0.2, 0.25) is 10.0 Å². The molecule has 1 unspecified atom stereocenters. The molecule has 0 radical (unpaired) electrons. The van der Waals surface area contributed by atoms with Crippen LogP contribution in [0.15, 0.2) is 64.0 Å². The molecule has 0 saturated carbocycles. The van der Waals surface area contributed by atoms with Crippen molar-refractivity contribution in [2.24, 2.45) is 0 Å². The van der Waals surface area contributed by atoms with Gasteiger partial charge in [-0.15, -0.1) is 0 Å². The van der Waals surface area contributed by atoms with Crippen LogP contribution in [0.4, 0.5) is 0 Å². The van der Waals surface area contributed by atoms with Gasteiger partial charge in [0.05, 0.1) is 11.0 Å². The number of hydrogen-bond acceptors (Lipinski definition) is 5. The molecule has 4 rings (SSSR count). The normalized spacial score (nSPS) is 24.8. The van der Waals surface area contributed by atoms with Crippen LogP contribution < -0.4 is 0 Å². The molecule has 2 aliphatic heterocycles. The summed E-state index contributed by atoms with van der Waals surface area (Å²) >= 11 is 3.35. The highest BCUT2D eigenvalue weighted by Crippen LogP contribution is 2.27. The summed E-state index contributed by atoms with van der Waals surface area (Å²) in [7, 11) is -3.52. The van der Waals surface area contributed by atoms with Gasteiger partial charge in [-0.05, 0) is 33.6 Å². The Morgan fingerprint density at radius 1 is 0.931 bits per heavy atom. The first-order valence-electron chi connectivity index (χ1n) is 9.88. The van der Waals surface area contributed by atoms with Gasteiger partial charge < -0.3 is 5.11 Å². The SMILES string of the molecule is O=S(=O)(c1ccccc1Br)N1CCN([C@@H]2CN(Cc3ccccc3)CC2O)CC1. The molecule has 0 amide bonds. The lowest BCUT2D eigenvalue weighted by Crippen LogP contribution is -2.54. The van der Waals surface area contributed by atoms with Crippen molar-refractivity contribution in [1.82, 2.24) is 14.1 Å². The first-order chi connectivity index (χ1) is 13.9. The van der Waals surface area contributed by atoms with Gasteiger partial charge in [-0.3, -0.25) is 9.80 Å². The molecule has 6 nitrogen and oxygen atoms in total. The third-order valence-corrected chi connectivity index (χ3v) is 8.69. The van der Waals surface area contributed by atoms with Crippen molar-refractivity contribution in [3.8, 4) is 0 Å². The first kappa shape index (κ1) is 21.0. The largest absolute Gasteiger partial charge is 0.390 e. The Morgan fingerprint density at radius 2 is 1.59 bits per heavy atom. The standard InChI is InChI=1S/C21H26BrN3O3S/c22-18-8-4-5-9-21(18)29(27,28)25-12-10-24(11-13-25)19-15-23(16-20(19)26)14-17-6-2-1-3-7-17/h1-9,19-20,26H,10-16H2/t19-,20?/m1/s1. The van der Waals surface area contributed by atoms with Crippen molar-refractivity contribution in [2.45, 2.75) is 23.6 Å². The summed E-state index contributed by atoms with van der Waals surface area (Å²) in [6, 6.07) is 17.3. The third-order valence-electron chi connectivity index (χ3n) is 5.78. The van der Waals surface area contributed by atoms with Crippen molar-refractivity contribution in [3.63, 3.8) is 0 Å². The smallest absolute Gasteiger partial charge is 0.244 e. The van der Waals surface area contributed by atoms with Gasteiger partial charge in [0, 0.05) is 56.3 Å². The zero-order valence-corrected chi connectivity index (χ0v) is 18.6. The van der Waals surface area contributed by atoms with Crippen LogP contribution in [0.25, 0.3) is 0 Å². The Bertz CT molecular complexity index is 933.